The number of ether oxygens (including phenoxy) is 3. The molecule has 0 spiro atoms. The van der Waals surface area contributed by atoms with Crippen LogP contribution in [-0.4, -0.2) is 47.1 Å². The number of aromatic nitrogens is 2. The molecule has 4 rings (SSSR count). The van der Waals surface area contributed by atoms with Crippen LogP contribution in [0.5, 0.6) is 5.75 Å². The third-order valence-corrected chi connectivity index (χ3v) is 5.59. The lowest BCUT2D eigenvalue weighted by Crippen LogP contribution is -2.37. The zero-order valence-corrected chi connectivity index (χ0v) is 15.4. The summed E-state index contributed by atoms with van der Waals surface area (Å²) in [5, 5.41) is -0.497. The highest BCUT2D eigenvalue weighted by molar-refractivity contribution is 7.99. The van der Waals surface area contributed by atoms with E-state index in [1.54, 1.807) is 24.3 Å². The van der Waals surface area contributed by atoms with Gasteiger partial charge in [0.25, 0.3) is 0 Å². The zero-order valence-electron chi connectivity index (χ0n) is 14.6. The van der Waals surface area contributed by atoms with Crippen molar-refractivity contribution in [3.63, 3.8) is 0 Å². The Hall–Kier alpha value is -2.17. The highest BCUT2D eigenvalue weighted by atomic mass is 32.2. The van der Waals surface area contributed by atoms with Crippen molar-refractivity contribution in [1.82, 2.24) is 9.97 Å². The maximum atomic E-state index is 13.4. The molecule has 0 unspecified atom stereocenters. The summed E-state index contributed by atoms with van der Waals surface area (Å²) in [7, 11) is 1.43. The Morgan fingerprint density at radius 2 is 2.04 bits per heavy atom. The Balaban J connectivity index is 1.72. The minimum absolute atomic E-state index is 0.0810. The van der Waals surface area contributed by atoms with Gasteiger partial charge in [-0.3, -0.25) is 4.79 Å². The van der Waals surface area contributed by atoms with Crippen LogP contribution in [0.3, 0.4) is 0 Å². The second kappa shape index (κ2) is 7.34. The van der Waals surface area contributed by atoms with Gasteiger partial charge in [-0.2, -0.15) is 13.2 Å². The first kappa shape index (κ1) is 19.2. The number of ketones is 1. The molecule has 148 valence electrons. The van der Waals surface area contributed by atoms with Gasteiger partial charge in [-0.15, -0.1) is 0 Å². The molecule has 0 N–H and O–H groups in total. The molecule has 28 heavy (non-hydrogen) atoms. The molecule has 10 heteroatoms. The number of hydrogen-bond acceptors (Lipinski definition) is 7. The summed E-state index contributed by atoms with van der Waals surface area (Å²) < 4.78 is 56.1. The molecule has 2 bridgehead atoms. The van der Waals surface area contributed by atoms with Crippen LogP contribution in [0.25, 0.3) is 11.3 Å². The van der Waals surface area contributed by atoms with E-state index in [1.165, 1.54) is 7.11 Å². The van der Waals surface area contributed by atoms with Gasteiger partial charge in [0, 0.05) is 17.2 Å². The van der Waals surface area contributed by atoms with Crippen LogP contribution >= 0.6 is 11.8 Å². The number of carbonyl (C=O) groups excluding carboxylic acids is 1. The largest absolute Gasteiger partial charge is 0.496 e. The average molecular weight is 412 g/mol. The highest BCUT2D eigenvalue weighted by Crippen LogP contribution is 2.39. The van der Waals surface area contributed by atoms with Crippen LogP contribution in [-0.2, 0) is 20.4 Å². The topological polar surface area (TPSA) is 70.5 Å². The monoisotopic (exact) mass is 412 g/mol. The van der Waals surface area contributed by atoms with Gasteiger partial charge in [0.05, 0.1) is 25.5 Å². The van der Waals surface area contributed by atoms with E-state index in [2.05, 4.69) is 9.97 Å². The second-order valence-electron chi connectivity index (χ2n) is 6.29. The fraction of sp³-hybridized carbons (Fsp3) is 0.389. The van der Waals surface area contributed by atoms with Crippen LogP contribution in [0.15, 0.2) is 35.5 Å². The standard InChI is InChI=1S/C18H15F3N2O4S/c1-25-12-5-3-2-4-9(12)10-6-15(18(19,20)21)23-17(22-10)28-14-7-11(24)16-26-8-13(14)27-16/h2-6,13-14,16H,7-8H2,1H3/t13-,14+,16+/m0/s1. The van der Waals surface area contributed by atoms with Crippen molar-refractivity contribution >= 4 is 17.5 Å². The number of halogens is 3. The summed E-state index contributed by atoms with van der Waals surface area (Å²) in [5.74, 6) is 0.164. The molecule has 2 saturated heterocycles. The molecular formula is C18H15F3N2O4S. The van der Waals surface area contributed by atoms with Gasteiger partial charge in [-0.25, -0.2) is 9.97 Å². The molecule has 0 saturated carbocycles. The fourth-order valence-corrected chi connectivity index (χ4v) is 4.19. The first-order valence-corrected chi connectivity index (χ1v) is 9.29. The zero-order chi connectivity index (χ0) is 19.9. The van der Waals surface area contributed by atoms with Crippen molar-refractivity contribution < 1.29 is 32.2 Å². The SMILES string of the molecule is COc1ccccc1-c1cc(C(F)(F)F)nc(S[C@@H]2CC(=O)[C@@H]3OC[C@@H]2O3)n1. The molecule has 1 aromatic carbocycles. The molecule has 2 aliphatic heterocycles. The fourth-order valence-electron chi connectivity index (χ4n) is 3.08. The summed E-state index contributed by atoms with van der Waals surface area (Å²) in [4.78, 5) is 19.9. The second-order valence-corrected chi connectivity index (χ2v) is 7.49. The number of fused-ring (bicyclic) bond motifs is 2. The molecule has 1 aromatic heterocycles. The van der Waals surface area contributed by atoms with Gasteiger partial charge in [0.1, 0.15) is 11.4 Å². The van der Waals surface area contributed by atoms with Gasteiger partial charge in [0.15, 0.2) is 10.9 Å². The number of methoxy groups -OCH3 is 1. The molecule has 0 radical (unpaired) electrons. The summed E-state index contributed by atoms with van der Waals surface area (Å²) in [6.45, 7) is 0.215. The van der Waals surface area contributed by atoms with Crippen molar-refractivity contribution in [2.45, 2.75) is 35.4 Å². The van der Waals surface area contributed by atoms with Crippen LogP contribution < -0.4 is 4.74 Å². The highest BCUT2D eigenvalue weighted by Gasteiger charge is 2.44. The summed E-state index contributed by atoms with van der Waals surface area (Å²) in [5.41, 5.74) is -0.555. The maximum Gasteiger partial charge on any atom is 0.433 e. The number of rotatable bonds is 4. The molecule has 2 aromatic rings. The molecular weight excluding hydrogens is 397 g/mol. The average Bonchev–Trinajstić information content (AvgIpc) is 3.11. The summed E-state index contributed by atoms with van der Waals surface area (Å²) in [6.07, 6.45) is -5.77. The Kier molecular flexibility index (Phi) is 5.02. The lowest BCUT2D eigenvalue weighted by molar-refractivity contribution is -0.151. The van der Waals surface area contributed by atoms with Crippen molar-refractivity contribution in [3.05, 3.63) is 36.0 Å². The third-order valence-electron chi connectivity index (χ3n) is 4.43. The Bertz CT molecular complexity index is 909. The molecule has 3 atom stereocenters. The van der Waals surface area contributed by atoms with E-state index in [0.717, 1.165) is 17.8 Å². The van der Waals surface area contributed by atoms with E-state index >= 15 is 0 Å². The van der Waals surface area contributed by atoms with Gasteiger partial charge in [-0.05, 0) is 18.2 Å². The summed E-state index contributed by atoms with van der Waals surface area (Å²) in [6, 6.07) is 7.55. The molecule has 2 fully saturated rings. The number of thioether (sulfide) groups is 1. The van der Waals surface area contributed by atoms with E-state index < -0.39 is 23.4 Å². The number of para-hydroxylation sites is 1. The number of benzene rings is 1. The number of carbonyl (C=O) groups is 1. The van der Waals surface area contributed by atoms with Crippen molar-refractivity contribution in [2.24, 2.45) is 0 Å². The molecule has 6 nitrogen and oxygen atoms in total. The van der Waals surface area contributed by atoms with Crippen molar-refractivity contribution in [2.75, 3.05) is 13.7 Å². The lowest BCUT2D eigenvalue weighted by atomic mass is 10.1. The molecule has 0 amide bonds. The molecule has 2 aliphatic rings. The number of alkyl halides is 3. The Labute approximate surface area is 162 Å². The Morgan fingerprint density at radius 3 is 2.79 bits per heavy atom. The summed E-state index contributed by atoms with van der Waals surface area (Å²) >= 11 is 0.991. The number of nitrogens with zero attached hydrogens (tertiary/aromatic N) is 2. The van der Waals surface area contributed by atoms with Gasteiger partial charge in [0.2, 0.25) is 6.29 Å². The molecule has 3 heterocycles. The predicted octanol–water partition coefficient (Wildman–Crippen LogP) is 3.35. The minimum Gasteiger partial charge on any atom is -0.496 e. The van der Waals surface area contributed by atoms with Gasteiger partial charge >= 0.3 is 6.18 Å². The van der Waals surface area contributed by atoms with E-state index in [0.29, 0.717) is 11.3 Å². The van der Waals surface area contributed by atoms with E-state index in [9.17, 15) is 18.0 Å². The lowest BCUT2D eigenvalue weighted by Gasteiger charge is -2.25. The maximum absolute atomic E-state index is 13.4. The quantitative estimate of drug-likeness (QED) is 0.714. The van der Waals surface area contributed by atoms with E-state index in [1.807, 2.05) is 0 Å². The normalized spacial score (nSPS) is 24.4. The van der Waals surface area contributed by atoms with E-state index in [-0.39, 0.29) is 35.8 Å². The third kappa shape index (κ3) is 3.71. The van der Waals surface area contributed by atoms with Crippen molar-refractivity contribution in [1.29, 1.82) is 0 Å². The minimum atomic E-state index is -4.64. The predicted molar refractivity (Wildman–Crippen MR) is 92.9 cm³/mol. The Morgan fingerprint density at radius 1 is 1.25 bits per heavy atom. The van der Waals surface area contributed by atoms with E-state index in [4.69, 9.17) is 14.2 Å². The van der Waals surface area contributed by atoms with Crippen LogP contribution in [0, 0.1) is 0 Å². The van der Waals surface area contributed by atoms with Crippen LogP contribution in [0.1, 0.15) is 12.1 Å². The first-order valence-electron chi connectivity index (χ1n) is 8.41. The first-order chi connectivity index (χ1) is 13.3. The molecule has 0 aliphatic carbocycles. The van der Waals surface area contributed by atoms with Gasteiger partial charge in [-0.1, -0.05) is 23.9 Å². The van der Waals surface area contributed by atoms with Gasteiger partial charge < -0.3 is 14.2 Å². The number of Topliss-reactive ketones (excluding diaryl/α,β-unsaturated/α-hetero) is 1. The van der Waals surface area contributed by atoms with Crippen molar-refractivity contribution in [3.8, 4) is 17.0 Å². The number of hydrogen-bond donors (Lipinski definition) is 0. The van der Waals surface area contributed by atoms with Crippen LogP contribution in [0.2, 0.25) is 0 Å². The smallest absolute Gasteiger partial charge is 0.433 e. The van der Waals surface area contributed by atoms with Crippen LogP contribution in [0.4, 0.5) is 13.2 Å².